The van der Waals surface area contributed by atoms with Crippen molar-refractivity contribution in [2.24, 2.45) is 0 Å². The zero-order valence-corrected chi connectivity index (χ0v) is 8.44. The van der Waals surface area contributed by atoms with Gasteiger partial charge in [0, 0.05) is 6.04 Å². The van der Waals surface area contributed by atoms with Gasteiger partial charge in [-0.1, -0.05) is 0 Å². The smallest absolute Gasteiger partial charge is 0.120 e. The minimum absolute atomic E-state index is 0.115. The molecular formula is C11H17NO2. The molecule has 0 amide bonds. The van der Waals surface area contributed by atoms with Gasteiger partial charge in [-0.05, 0) is 38.3 Å². The SMILES string of the molecule is CC(N[C@H]1CC[C@@H](O)C1)c1ccco1. The van der Waals surface area contributed by atoms with E-state index < -0.39 is 0 Å². The van der Waals surface area contributed by atoms with Crippen LogP contribution in [0.4, 0.5) is 0 Å². The third kappa shape index (κ3) is 2.16. The molecule has 3 atom stereocenters. The largest absolute Gasteiger partial charge is 0.468 e. The van der Waals surface area contributed by atoms with Gasteiger partial charge in [0.25, 0.3) is 0 Å². The molecule has 1 saturated carbocycles. The molecular weight excluding hydrogens is 178 g/mol. The van der Waals surface area contributed by atoms with Crippen LogP contribution in [0.2, 0.25) is 0 Å². The second kappa shape index (κ2) is 4.15. The maximum absolute atomic E-state index is 9.38. The van der Waals surface area contributed by atoms with E-state index in [1.54, 1.807) is 6.26 Å². The van der Waals surface area contributed by atoms with E-state index in [0.717, 1.165) is 25.0 Å². The molecule has 3 nitrogen and oxygen atoms in total. The Hall–Kier alpha value is -0.800. The normalized spacial score (nSPS) is 29.3. The summed E-state index contributed by atoms with van der Waals surface area (Å²) in [6, 6.07) is 4.55. The highest BCUT2D eigenvalue weighted by Gasteiger charge is 2.24. The molecule has 0 radical (unpaired) electrons. The van der Waals surface area contributed by atoms with Crippen molar-refractivity contribution in [3.05, 3.63) is 24.2 Å². The van der Waals surface area contributed by atoms with Gasteiger partial charge in [-0.25, -0.2) is 0 Å². The molecule has 0 saturated heterocycles. The zero-order chi connectivity index (χ0) is 9.97. The third-order valence-corrected chi connectivity index (χ3v) is 2.86. The number of furan rings is 1. The Kier molecular flexibility index (Phi) is 2.89. The van der Waals surface area contributed by atoms with Crippen molar-refractivity contribution in [2.45, 2.75) is 44.4 Å². The molecule has 1 heterocycles. The second-order valence-electron chi connectivity index (χ2n) is 4.07. The molecule has 3 heteroatoms. The first-order valence-corrected chi connectivity index (χ1v) is 5.23. The number of aliphatic hydroxyl groups excluding tert-OH is 1. The fourth-order valence-electron chi connectivity index (χ4n) is 2.08. The van der Waals surface area contributed by atoms with Gasteiger partial charge in [0.15, 0.2) is 0 Å². The molecule has 2 N–H and O–H groups in total. The van der Waals surface area contributed by atoms with Crippen molar-refractivity contribution in [3.63, 3.8) is 0 Å². The Labute approximate surface area is 84.1 Å². The summed E-state index contributed by atoms with van der Waals surface area (Å²) in [5, 5.41) is 12.8. The van der Waals surface area contributed by atoms with E-state index in [1.807, 2.05) is 12.1 Å². The van der Waals surface area contributed by atoms with E-state index in [4.69, 9.17) is 4.42 Å². The predicted octanol–water partition coefficient (Wildman–Crippen LogP) is 1.84. The van der Waals surface area contributed by atoms with Crippen molar-refractivity contribution in [3.8, 4) is 0 Å². The van der Waals surface area contributed by atoms with Crippen LogP contribution in [-0.2, 0) is 0 Å². The lowest BCUT2D eigenvalue weighted by Gasteiger charge is -2.17. The molecule has 2 rings (SSSR count). The molecule has 0 spiro atoms. The van der Waals surface area contributed by atoms with Gasteiger partial charge in [0.05, 0.1) is 18.4 Å². The van der Waals surface area contributed by atoms with Crippen LogP contribution in [0.5, 0.6) is 0 Å². The second-order valence-corrected chi connectivity index (χ2v) is 4.07. The fourth-order valence-corrected chi connectivity index (χ4v) is 2.08. The summed E-state index contributed by atoms with van der Waals surface area (Å²) in [7, 11) is 0. The van der Waals surface area contributed by atoms with Crippen LogP contribution >= 0.6 is 0 Å². The Balaban J connectivity index is 1.86. The van der Waals surface area contributed by atoms with Gasteiger partial charge >= 0.3 is 0 Å². The van der Waals surface area contributed by atoms with E-state index in [-0.39, 0.29) is 12.1 Å². The summed E-state index contributed by atoms with van der Waals surface area (Å²) in [5.74, 6) is 0.964. The number of hydrogen-bond acceptors (Lipinski definition) is 3. The van der Waals surface area contributed by atoms with Crippen LogP contribution in [-0.4, -0.2) is 17.3 Å². The average molecular weight is 195 g/mol. The van der Waals surface area contributed by atoms with Gasteiger partial charge in [0.2, 0.25) is 0 Å². The summed E-state index contributed by atoms with van der Waals surface area (Å²) in [4.78, 5) is 0. The van der Waals surface area contributed by atoms with E-state index in [1.165, 1.54) is 0 Å². The highest BCUT2D eigenvalue weighted by Crippen LogP contribution is 2.22. The average Bonchev–Trinajstić information content (AvgIpc) is 2.75. The van der Waals surface area contributed by atoms with Gasteiger partial charge in [-0.15, -0.1) is 0 Å². The fraction of sp³-hybridized carbons (Fsp3) is 0.636. The van der Waals surface area contributed by atoms with Crippen LogP contribution < -0.4 is 5.32 Å². The van der Waals surface area contributed by atoms with Crippen molar-refractivity contribution in [1.29, 1.82) is 0 Å². The number of aliphatic hydroxyl groups is 1. The number of hydrogen-bond donors (Lipinski definition) is 2. The lowest BCUT2D eigenvalue weighted by Crippen LogP contribution is -2.29. The summed E-state index contributed by atoms with van der Waals surface area (Å²) in [6.45, 7) is 2.09. The molecule has 1 unspecified atom stereocenters. The summed E-state index contributed by atoms with van der Waals surface area (Å²) < 4.78 is 5.31. The van der Waals surface area contributed by atoms with E-state index in [9.17, 15) is 5.11 Å². The molecule has 1 aromatic rings. The maximum atomic E-state index is 9.38. The molecule has 0 bridgehead atoms. The van der Waals surface area contributed by atoms with Gasteiger partial charge in [-0.2, -0.15) is 0 Å². The van der Waals surface area contributed by atoms with Crippen molar-refractivity contribution < 1.29 is 9.52 Å². The molecule has 14 heavy (non-hydrogen) atoms. The minimum Gasteiger partial charge on any atom is -0.468 e. The van der Waals surface area contributed by atoms with E-state index in [2.05, 4.69) is 12.2 Å². The maximum Gasteiger partial charge on any atom is 0.120 e. The first-order chi connectivity index (χ1) is 6.75. The molecule has 1 fully saturated rings. The van der Waals surface area contributed by atoms with Crippen LogP contribution in [0.3, 0.4) is 0 Å². The Morgan fingerprint density at radius 2 is 2.43 bits per heavy atom. The summed E-state index contributed by atoms with van der Waals surface area (Å²) in [6.07, 6.45) is 4.42. The Bertz CT molecular complexity index is 271. The Morgan fingerprint density at radius 3 is 3.00 bits per heavy atom. The highest BCUT2D eigenvalue weighted by molar-refractivity contribution is 5.03. The zero-order valence-electron chi connectivity index (χ0n) is 8.44. The molecule has 1 aliphatic carbocycles. The molecule has 0 aromatic carbocycles. The minimum atomic E-state index is -0.115. The monoisotopic (exact) mass is 195 g/mol. The van der Waals surface area contributed by atoms with Crippen LogP contribution in [0, 0.1) is 0 Å². The summed E-state index contributed by atoms with van der Waals surface area (Å²) in [5.41, 5.74) is 0. The third-order valence-electron chi connectivity index (χ3n) is 2.86. The molecule has 1 aliphatic rings. The molecule has 1 aromatic heterocycles. The van der Waals surface area contributed by atoms with Crippen LogP contribution in [0.25, 0.3) is 0 Å². The first-order valence-electron chi connectivity index (χ1n) is 5.23. The van der Waals surface area contributed by atoms with Gasteiger partial charge < -0.3 is 14.8 Å². The summed E-state index contributed by atoms with van der Waals surface area (Å²) >= 11 is 0. The van der Waals surface area contributed by atoms with Crippen molar-refractivity contribution >= 4 is 0 Å². The number of nitrogens with one attached hydrogen (secondary N) is 1. The standard InChI is InChI=1S/C11H17NO2/c1-8(11-3-2-6-14-11)12-9-4-5-10(13)7-9/h2-3,6,8-10,12-13H,4-5,7H2,1H3/t8?,9-,10+/m0/s1. The first kappa shape index (κ1) is 9.74. The van der Waals surface area contributed by atoms with Crippen molar-refractivity contribution in [2.75, 3.05) is 0 Å². The van der Waals surface area contributed by atoms with Gasteiger partial charge in [-0.3, -0.25) is 0 Å². The van der Waals surface area contributed by atoms with Gasteiger partial charge in [0.1, 0.15) is 5.76 Å². The topological polar surface area (TPSA) is 45.4 Å². The molecule has 78 valence electrons. The Morgan fingerprint density at radius 1 is 1.57 bits per heavy atom. The van der Waals surface area contributed by atoms with Crippen molar-refractivity contribution in [1.82, 2.24) is 5.32 Å². The van der Waals surface area contributed by atoms with E-state index >= 15 is 0 Å². The van der Waals surface area contributed by atoms with Crippen LogP contribution in [0.1, 0.15) is 38.0 Å². The molecule has 0 aliphatic heterocycles. The van der Waals surface area contributed by atoms with Crippen LogP contribution in [0.15, 0.2) is 22.8 Å². The lowest BCUT2D eigenvalue weighted by molar-refractivity contribution is 0.178. The van der Waals surface area contributed by atoms with E-state index in [0.29, 0.717) is 6.04 Å². The quantitative estimate of drug-likeness (QED) is 0.773. The number of rotatable bonds is 3. The predicted molar refractivity (Wildman–Crippen MR) is 53.9 cm³/mol. The highest BCUT2D eigenvalue weighted by atomic mass is 16.3. The lowest BCUT2D eigenvalue weighted by atomic mass is 10.2.